The van der Waals surface area contributed by atoms with E-state index in [-0.39, 0.29) is 11.9 Å². The van der Waals surface area contributed by atoms with Gasteiger partial charge in [0.2, 0.25) is 0 Å². The number of amides is 1. The first-order valence-corrected chi connectivity index (χ1v) is 6.05. The molecule has 1 heterocycles. The molecule has 0 aliphatic rings. The molecule has 2 N–H and O–H groups in total. The summed E-state index contributed by atoms with van der Waals surface area (Å²) in [6, 6.07) is 3.75. The van der Waals surface area contributed by atoms with Gasteiger partial charge in [0.05, 0.1) is 11.9 Å². The van der Waals surface area contributed by atoms with Gasteiger partial charge in [-0.1, -0.05) is 13.8 Å². The Morgan fingerprint density at radius 3 is 2.53 bits per heavy atom. The van der Waals surface area contributed by atoms with Crippen LogP contribution in [-0.4, -0.2) is 23.5 Å². The van der Waals surface area contributed by atoms with Gasteiger partial charge in [0.25, 0.3) is 5.91 Å². The van der Waals surface area contributed by atoms with Crippen LogP contribution in [-0.2, 0) is 0 Å². The fraction of sp³-hybridized carbons (Fsp3) is 0.538. The van der Waals surface area contributed by atoms with Crippen molar-refractivity contribution < 1.29 is 4.79 Å². The summed E-state index contributed by atoms with van der Waals surface area (Å²) in [5, 5.41) is 6.06. The van der Waals surface area contributed by atoms with E-state index in [1.165, 1.54) is 0 Å². The largest absolute Gasteiger partial charge is 0.384 e. The lowest BCUT2D eigenvalue weighted by Gasteiger charge is -2.17. The van der Waals surface area contributed by atoms with E-state index in [1.807, 2.05) is 19.9 Å². The zero-order chi connectivity index (χ0) is 12.8. The second-order valence-electron chi connectivity index (χ2n) is 4.47. The molecule has 1 atom stereocenters. The molecule has 94 valence electrons. The quantitative estimate of drug-likeness (QED) is 0.823. The van der Waals surface area contributed by atoms with E-state index < -0.39 is 0 Å². The van der Waals surface area contributed by atoms with Crippen molar-refractivity contribution in [2.45, 2.75) is 33.7 Å². The molecule has 0 bridgehead atoms. The molecule has 0 saturated carbocycles. The molecular formula is C13H21N3O. The number of pyridine rings is 1. The van der Waals surface area contributed by atoms with Crippen LogP contribution in [0.2, 0.25) is 0 Å². The Bertz CT molecular complexity index is 359. The van der Waals surface area contributed by atoms with Gasteiger partial charge in [0.1, 0.15) is 5.69 Å². The molecule has 0 aromatic carbocycles. The average molecular weight is 235 g/mol. The summed E-state index contributed by atoms with van der Waals surface area (Å²) in [5.74, 6) is 0.300. The summed E-state index contributed by atoms with van der Waals surface area (Å²) < 4.78 is 0. The molecule has 0 aliphatic heterocycles. The fourth-order valence-electron chi connectivity index (χ4n) is 1.28. The molecule has 4 heteroatoms. The zero-order valence-electron chi connectivity index (χ0n) is 10.9. The Kier molecular flexibility index (Phi) is 4.94. The van der Waals surface area contributed by atoms with Crippen molar-refractivity contribution in [3.8, 4) is 0 Å². The van der Waals surface area contributed by atoms with E-state index >= 15 is 0 Å². The summed E-state index contributed by atoms with van der Waals surface area (Å²) in [4.78, 5) is 16.0. The Morgan fingerprint density at radius 1 is 1.35 bits per heavy atom. The highest BCUT2D eigenvalue weighted by atomic mass is 16.1. The number of nitrogens with zero attached hydrogens (tertiary/aromatic N) is 1. The van der Waals surface area contributed by atoms with E-state index in [0.29, 0.717) is 11.6 Å². The first-order chi connectivity index (χ1) is 8.04. The SMILES string of the molecule is CCNc1ccc(C(=O)NC(C)C(C)C)nc1. The maximum Gasteiger partial charge on any atom is 0.270 e. The third-order valence-corrected chi connectivity index (χ3v) is 2.74. The Hall–Kier alpha value is -1.58. The number of carbonyl (C=O) groups is 1. The second kappa shape index (κ2) is 6.23. The minimum absolute atomic E-state index is 0.116. The van der Waals surface area contributed by atoms with Crippen LogP contribution in [0.5, 0.6) is 0 Å². The number of nitrogens with one attached hydrogen (secondary N) is 2. The number of aromatic nitrogens is 1. The lowest BCUT2D eigenvalue weighted by molar-refractivity contribution is 0.0925. The highest BCUT2D eigenvalue weighted by Crippen LogP contribution is 2.07. The fourth-order valence-corrected chi connectivity index (χ4v) is 1.28. The van der Waals surface area contributed by atoms with Gasteiger partial charge in [-0.25, -0.2) is 4.98 Å². The second-order valence-corrected chi connectivity index (χ2v) is 4.47. The summed E-state index contributed by atoms with van der Waals surface area (Å²) in [6.07, 6.45) is 1.68. The number of carbonyl (C=O) groups excluding carboxylic acids is 1. The van der Waals surface area contributed by atoms with Crippen LogP contribution in [0.15, 0.2) is 18.3 Å². The number of rotatable bonds is 5. The normalized spacial score (nSPS) is 12.3. The topological polar surface area (TPSA) is 54.0 Å². The van der Waals surface area contributed by atoms with Crippen LogP contribution < -0.4 is 10.6 Å². The minimum atomic E-state index is -0.116. The lowest BCUT2D eigenvalue weighted by atomic mass is 10.1. The van der Waals surface area contributed by atoms with Gasteiger partial charge in [-0.2, -0.15) is 0 Å². The third-order valence-electron chi connectivity index (χ3n) is 2.74. The first-order valence-electron chi connectivity index (χ1n) is 6.05. The highest BCUT2D eigenvalue weighted by molar-refractivity contribution is 5.92. The summed E-state index contributed by atoms with van der Waals surface area (Å²) in [5.41, 5.74) is 1.39. The molecule has 0 radical (unpaired) electrons. The number of hydrogen-bond donors (Lipinski definition) is 2. The molecule has 1 unspecified atom stereocenters. The Balaban J connectivity index is 2.63. The van der Waals surface area contributed by atoms with E-state index in [4.69, 9.17) is 0 Å². The predicted molar refractivity (Wildman–Crippen MR) is 70.2 cm³/mol. The molecule has 1 rings (SSSR count). The van der Waals surface area contributed by atoms with Crippen LogP contribution in [0.1, 0.15) is 38.2 Å². The van der Waals surface area contributed by atoms with Gasteiger partial charge in [-0.05, 0) is 31.9 Å². The van der Waals surface area contributed by atoms with Gasteiger partial charge in [-0.3, -0.25) is 4.79 Å². The average Bonchev–Trinajstić information content (AvgIpc) is 2.30. The maximum absolute atomic E-state index is 11.8. The third kappa shape index (κ3) is 4.06. The van der Waals surface area contributed by atoms with Crippen molar-refractivity contribution in [3.63, 3.8) is 0 Å². The standard InChI is InChI=1S/C13H21N3O/c1-5-14-11-6-7-12(15-8-11)13(17)16-10(4)9(2)3/h6-10,14H,5H2,1-4H3,(H,16,17). The lowest BCUT2D eigenvalue weighted by Crippen LogP contribution is -2.36. The van der Waals surface area contributed by atoms with Crippen molar-refractivity contribution in [1.29, 1.82) is 0 Å². The van der Waals surface area contributed by atoms with Crippen LogP contribution in [0.4, 0.5) is 5.69 Å². The van der Waals surface area contributed by atoms with Crippen molar-refractivity contribution in [2.24, 2.45) is 5.92 Å². The smallest absolute Gasteiger partial charge is 0.270 e. The van der Waals surface area contributed by atoms with E-state index in [1.54, 1.807) is 12.3 Å². The van der Waals surface area contributed by atoms with Crippen LogP contribution in [0.25, 0.3) is 0 Å². The molecule has 1 amide bonds. The van der Waals surface area contributed by atoms with Crippen LogP contribution in [0, 0.1) is 5.92 Å². The van der Waals surface area contributed by atoms with Gasteiger partial charge < -0.3 is 10.6 Å². The van der Waals surface area contributed by atoms with Crippen LogP contribution >= 0.6 is 0 Å². The summed E-state index contributed by atoms with van der Waals surface area (Å²) >= 11 is 0. The van der Waals surface area contributed by atoms with E-state index in [2.05, 4.69) is 29.5 Å². The first kappa shape index (κ1) is 13.5. The molecule has 17 heavy (non-hydrogen) atoms. The van der Waals surface area contributed by atoms with Gasteiger partial charge >= 0.3 is 0 Å². The highest BCUT2D eigenvalue weighted by Gasteiger charge is 2.13. The van der Waals surface area contributed by atoms with E-state index in [0.717, 1.165) is 12.2 Å². The molecule has 0 saturated heterocycles. The molecule has 1 aromatic rings. The minimum Gasteiger partial charge on any atom is -0.384 e. The van der Waals surface area contributed by atoms with E-state index in [9.17, 15) is 4.79 Å². The predicted octanol–water partition coefficient (Wildman–Crippen LogP) is 2.29. The van der Waals surface area contributed by atoms with Crippen molar-refractivity contribution in [2.75, 3.05) is 11.9 Å². The molecule has 4 nitrogen and oxygen atoms in total. The Labute approximate surface area is 103 Å². The van der Waals surface area contributed by atoms with Gasteiger partial charge in [-0.15, -0.1) is 0 Å². The van der Waals surface area contributed by atoms with Crippen molar-refractivity contribution >= 4 is 11.6 Å². The molecule has 0 aliphatic carbocycles. The van der Waals surface area contributed by atoms with Gasteiger partial charge in [0, 0.05) is 12.6 Å². The summed E-state index contributed by atoms with van der Waals surface area (Å²) in [7, 11) is 0. The molecular weight excluding hydrogens is 214 g/mol. The molecule has 0 spiro atoms. The monoisotopic (exact) mass is 235 g/mol. The van der Waals surface area contributed by atoms with Crippen molar-refractivity contribution in [1.82, 2.24) is 10.3 Å². The number of anilines is 1. The maximum atomic E-state index is 11.8. The van der Waals surface area contributed by atoms with Crippen molar-refractivity contribution in [3.05, 3.63) is 24.0 Å². The molecule has 0 fully saturated rings. The van der Waals surface area contributed by atoms with Gasteiger partial charge in [0.15, 0.2) is 0 Å². The number of hydrogen-bond acceptors (Lipinski definition) is 3. The molecule has 1 aromatic heterocycles. The summed E-state index contributed by atoms with van der Waals surface area (Å²) in [6.45, 7) is 9.01. The van der Waals surface area contributed by atoms with Crippen LogP contribution in [0.3, 0.4) is 0 Å². The Morgan fingerprint density at radius 2 is 2.06 bits per heavy atom. The zero-order valence-corrected chi connectivity index (χ0v) is 10.9.